The van der Waals surface area contributed by atoms with Crippen LogP contribution in [0.1, 0.15) is 5.56 Å². The lowest BCUT2D eigenvalue weighted by Gasteiger charge is -2.20. The van der Waals surface area contributed by atoms with Crippen molar-refractivity contribution in [2.24, 2.45) is 0 Å². The smallest absolute Gasteiger partial charge is 0.204 e. The van der Waals surface area contributed by atoms with Gasteiger partial charge in [-0.25, -0.2) is 9.97 Å². The van der Waals surface area contributed by atoms with Crippen LogP contribution in [0.25, 0.3) is 0 Å². The molecule has 2 aromatic heterocycles. The Morgan fingerprint density at radius 3 is 2.89 bits per heavy atom. The van der Waals surface area contributed by atoms with Crippen molar-refractivity contribution < 1.29 is 4.74 Å². The minimum absolute atomic E-state index is 0.348. The molecule has 2 aromatic rings. The van der Waals surface area contributed by atoms with E-state index in [0.717, 1.165) is 10.3 Å². The van der Waals surface area contributed by atoms with E-state index in [1.165, 1.54) is 11.9 Å². The van der Waals surface area contributed by atoms with E-state index in [9.17, 15) is 0 Å². The number of nitrogens with two attached hydrogens (primary N) is 1. The third kappa shape index (κ3) is 2.73. The van der Waals surface area contributed by atoms with Gasteiger partial charge in [-0.2, -0.15) is 0 Å². The number of hydrogen-bond donors (Lipinski definition) is 1. The highest BCUT2D eigenvalue weighted by Gasteiger charge is 2.14. The Morgan fingerprint density at radius 2 is 2.28 bits per heavy atom. The highest BCUT2D eigenvalue weighted by Crippen LogP contribution is 2.30. The fraction of sp³-hybridized carbons (Fsp3) is 0.273. The maximum atomic E-state index is 5.76. The van der Waals surface area contributed by atoms with Crippen molar-refractivity contribution >= 4 is 38.9 Å². The molecule has 0 spiro atoms. The van der Waals surface area contributed by atoms with Gasteiger partial charge in [0.25, 0.3) is 0 Å². The molecule has 0 atom stereocenters. The second kappa shape index (κ2) is 5.53. The molecule has 5 nitrogen and oxygen atoms in total. The van der Waals surface area contributed by atoms with E-state index in [2.05, 4.69) is 37.3 Å². The average Bonchev–Trinajstić information content (AvgIpc) is 2.74. The third-order valence-corrected chi connectivity index (χ3v) is 3.97. The first-order valence-electron chi connectivity index (χ1n) is 5.20. The largest absolute Gasteiger partial charge is 0.490 e. The monoisotopic (exact) mass is 328 g/mol. The molecule has 0 aromatic carbocycles. The summed E-state index contributed by atoms with van der Waals surface area (Å²) in [7, 11) is 3.50. The van der Waals surface area contributed by atoms with Crippen LogP contribution in [0, 0.1) is 0 Å². The van der Waals surface area contributed by atoms with Crippen LogP contribution in [0.5, 0.6) is 5.75 Å². The van der Waals surface area contributed by atoms with Gasteiger partial charge in [0.2, 0.25) is 5.75 Å². The van der Waals surface area contributed by atoms with E-state index < -0.39 is 0 Å². The van der Waals surface area contributed by atoms with Gasteiger partial charge in [0.1, 0.15) is 6.33 Å². The first kappa shape index (κ1) is 13.1. The van der Waals surface area contributed by atoms with Gasteiger partial charge >= 0.3 is 0 Å². The minimum Gasteiger partial charge on any atom is -0.490 e. The van der Waals surface area contributed by atoms with Gasteiger partial charge in [-0.05, 0) is 32.9 Å². The standard InChI is InChI=1S/C11H13BrN4OS/c1-16(4-7-3-8(12)18-5-7)11-9(17-2)10(13)14-6-15-11/h3,5-6H,4H2,1-2H3,(H2,13,14,15). The van der Waals surface area contributed by atoms with Crippen LogP contribution in [0.3, 0.4) is 0 Å². The molecule has 0 saturated heterocycles. The predicted octanol–water partition coefficient (Wildman–Crippen LogP) is 2.53. The summed E-state index contributed by atoms with van der Waals surface area (Å²) < 4.78 is 6.35. The maximum absolute atomic E-state index is 5.76. The molecule has 0 aliphatic carbocycles. The number of thiophene rings is 1. The second-order valence-electron chi connectivity index (χ2n) is 3.73. The molecule has 0 aliphatic heterocycles. The van der Waals surface area contributed by atoms with Crippen molar-refractivity contribution in [1.82, 2.24) is 9.97 Å². The van der Waals surface area contributed by atoms with Crippen LogP contribution in [-0.2, 0) is 6.54 Å². The molecule has 0 bridgehead atoms. The van der Waals surface area contributed by atoms with Crippen LogP contribution in [0.2, 0.25) is 0 Å². The minimum atomic E-state index is 0.348. The number of halogens is 1. The summed E-state index contributed by atoms with van der Waals surface area (Å²) in [4.78, 5) is 10.1. The zero-order valence-electron chi connectivity index (χ0n) is 10.1. The van der Waals surface area contributed by atoms with Crippen LogP contribution in [0.4, 0.5) is 11.6 Å². The number of nitrogens with zero attached hydrogens (tertiary/aromatic N) is 3. The molecular weight excluding hydrogens is 316 g/mol. The summed E-state index contributed by atoms with van der Waals surface area (Å²) in [5, 5.41) is 2.09. The summed E-state index contributed by atoms with van der Waals surface area (Å²) in [6.45, 7) is 0.731. The van der Waals surface area contributed by atoms with Gasteiger partial charge in [-0.3, -0.25) is 0 Å². The second-order valence-corrected chi connectivity index (χ2v) is 6.02. The van der Waals surface area contributed by atoms with E-state index in [1.807, 2.05) is 11.9 Å². The van der Waals surface area contributed by atoms with Crippen molar-refractivity contribution in [2.75, 3.05) is 24.8 Å². The van der Waals surface area contributed by atoms with Crippen molar-refractivity contribution in [3.8, 4) is 5.75 Å². The Bertz CT molecular complexity index is 546. The molecule has 0 unspecified atom stereocenters. The molecule has 7 heteroatoms. The van der Waals surface area contributed by atoms with Crippen molar-refractivity contribution in [3.63, 3.8) is 0 Å². The normalized spacial score (nSPS) is 10.4. The highest BCUT2D eigenvalue weighted by molar-refractivity contribution is 9.11. The summed E-state index contributed by atoms with van der Waals surface area (Å²) in [6, 6.07) is 2.08. The van der Waals surface area contributed by atoms with Crippen LogP contribution >= 0.6 is 27.3 Å². The molecule has 96 valence electrons. The number of methoxy groups -OCH3 is 1. The highest BCUT2D eigenvalue weighted by atomic mass is 79.9. The van der Waals surface area contributed by atoms with Crippen molar-refractivity contribution in [3.05, 3.63) is 27.1 Å². The van der Waals surface area contributed by atoms with E-state index in [1.54, 1.807) is 18.4 Å². The lowest BCUT2D eigenvalue weighted by Crippen LogP contribution is -2.19. The van der Waals surface area contributed by atoms with Gasteiger partial charge in [-0.15, -0.1) is 11.3 Å². The molecule has 0 saturated carbocycles. The Morgan fingerprint density at radius 1 is 1.50 bits per heavy atom. The first-order chi connectivity index (χ1) is 8.61. The maximum Gasteiger partial charge on any atom is 0.204 e. The SMILES string of the molecule is COc1c(N)ncnc1N(C)Cc1csc(Br)c1. The number of rotatable bonds is 4. The van der Waals surface area contributed by atoms with Gasteiger partial charge < -0.3 is 15.4 Å². The van der Waals surface area contributed by atoms with Crippen LogP contribution in [0.15, 0.2) is 21.6 Å². The van der Waals surface area contributed by atoms with Gasteiger partial charge in [-0.1, -0.05) is 0 Å². The molecule has 0 radical (unpaired) electrons. The number of hydrogen-bond acceptors (Lipinski definition) is 6. The van der Waals surface area contributed by atoms with E-state index in [-0.39, 0.29) is 0 Å². The van der Waals surface area contributed by atoms with E-state index in [0.29, 0.717) is 17.4 Å². The molecule has 2 heterocycles. The number of anilines is 2. The van der Waals surface area contributed by atoms with Crippen LogP contribution in [-0.4, -0.2) is 24.1 Å². The average molecular weight is 329 g/mol. The number of ether oxygens (including phenoxy) is 1. The molecule has 0 fully saturated rings. The molecule has 2 rings (SSSR count). The zero-order chi connectivity index (χ0) is 13.1. The van der Waals surface area contributed by atoms with Gasteiger partial charge in [0.15, 0.2) is 11.6 Å². The third-order valence-electron chi connectivity index (χ3n) is 2.42. The molecule has 18 heavy (non-hydrogen) atoms. The van der Waals surface area contributed by atoms with Crippen molar-refractivity contribution in [2.45, 2.75) is 6.54 Å². The van der Waals surface area contributed by atoms with E-state index >= 15 is 0 Å². The molecular formula is C11H13BrN4OS. The van der Waals surface area contributed by atoms with Gasteiger partial charge in [0, 0.05) is 13.6 Å². The van der Waals surface area contributed by atoms with E-state index in [4.69, 9.17) is 10.5 Å². The Balaban J connectivity index is 2.23. The van der Waals surface area contributed by atoms with Crippen molar-refractivity contribution in [1.29, 1.82) is 0 Å². The van der Waals surface area contributed by atoms with Gasteiger partial charge in [0.05, 0.1) is 10.9 Å². The number of nitrogen functional groups attached to an aromatic ring is 1. The fourth-order valence-corrected chi connectivity index (χ4v) is 2.82. The van der Waals surface area contributed by atoms with Crippen LogP contribution < -0.4 is 15.4 Å². The molecule has 0 amide bonds. The molecule has 2 N–H and O–H groups in total. The molecule has 0 aliphatic rings. The summed E-state index contributed by atoms with van der Waals surface area (Å²) in [6.07, 6.45) is 1.44. The predicted molar refractivity (Wildman–Crippen MR) is 77.1 cm³/mol. The zero-order valence-corrected chi connectivity index (χ0v) is 12.5. The summed E-state index contributed by atoms with van der Waals surface area (Å²) in [5.41, 5.74) is 6.96. The quantitative estimate of drug-likeness (QED) is 0.934. The fourth-order valence-electron chi connectivity index (χ4n) is 1.62. The first-order valence-corrected chi connectivity index (χ1v) is 6.87. The lowest BCUT2D eigenvalue weighted by molar-refractivity contribution is 0.413. The Hall–Kier alpha value is -1.34. The Kier molecular flexibility index (Phi) is 4.03. The lowest BCUT2D eigenvalue weighted by atomic mass is 10.3. The number of aromatic nitrogens is 2. The summed E-state index contributed by atoms with van der Waals surface area (Å²) in [5.74, 6) is 1.54. The summed E-state index contributed by atoms with van der Waals surface area (Å²) >= 11 is 5.10. The topological polar surface area (TPSA) is 64.3 Å². The Labute approximate surface area is 118 Å².